The van der Waals surface area contributed by atoms with E-state index in [0.29, 0.717) is 17.8 Å². The lowest BCUT2D eigenvalue weighted by atomic mass is 10.2. The molecule has 2 N–H and O–H groups in total. The van der Waals surface area contributed by atoms with Crippen molar-refractivity contribution in [2.75, 3.05) is 40.0 Å². The average molecular weight is 285 g/mol. The van der Waals surface area contributed by atoms with Crippen molar-refractivity contribution < 1.29 is 8.42 Å². The Labute approximate surface area is 116 Å². The maximum absolute atomic E-state index is 12.2. The summed E-state index contributed by atoms with van der Waals surface area (Å²) in [7, 11) is 2.26. The Balaban J connectivity index is 2.63. The fourth-order valence-electron chi connectivity index (χ4n) is 1.72. The maximum Gasteiger partial charge on any atom is 0.218 e. The largest absolute Gasteiger partial charge is 0.398 e. The third kappa shape index (κ3) is 5.18. The lowest BCUT2D eigenvalue weighted by Crippen LogP contribution is -2.31. The molecule has 19 heavy (non-hydrogen) atoms. The van der Waals surface area contributed by atoms with Crippen LogP contribution in [-0.4, -0.2) is 51.9 Å². The molecule has 0 aromatic heterocycles. The summed E-state index contributed by atoms with van der Waals surface area (Å²) >= 11 is 0. The molecular weight excluding hydrogens is 262 g/mol. The molecule has 1 aromatic rings. The number of nitrogens with two attached hydrogens (primary N) is 1. The van der Waals surface area contributed by atoms with E-state index in [9.17, 15) is 8.42 Å². The van der Waals surface area contributed by atoms with E-state index in [0.717, 1.165) is 13.0 Å². The van der Waals surface area contributed by atoms with Gasteiger partial charge in [-0.3, -0.25) is 0 Å². The van der Waals surface area contributed by atoms with Crippen molar-refractivity contribution in [2.24, 2.45) is 0 Å². The van der Waals surface area contributed by atoms with Crippen LogP contribution in [0.5, 0.6) is 0 Å². The zero-order valence-corrected chi connectivity index (χ0v) is 12.7. The lowest BCUT2D eigenvalue weighted by Gasteiger charge is -2.19. The summed E-state index contributed by atoms with van der Waals surface area (Å²) in [5, 5.41) is 0. The quantitative estimate of drug-likeness (QED) is 0.759. The van der Waals surface area contributed by atoms with Crippen LogP contribution in [0.25, 0.3) is 0 Å². The molecule has 0 spiro atoms. The van der Waals surface area contributed by atoms with Crippen LogP contribution in [0, 0.1) is 0 Å². The second kappa shape index (κ2) is 6.88. The van der Waals surface area contributed by atoms with Crippen LogP contribution in [0.3, 0.4) is 0 Å². The first kappa shape index (κ1) is 15.9. The fourth-order valence-corrected chi connectivity index (χ4v) is 3.00. The topological polar surface area (TPSA) is 66.6 Å². The van der Waals surface area contributed by atoms with Gasteiger partial charge in [0.25, 0.3) is 0 Å². The zero-order valence-electron chi connectivity index (χ0n) is 11.8. The van der Waals surface area contributed by atoms with Crippen LogP contribution in [0.2, 0.25) is 0 Å². The molecule has 0 bridgehead atoms. The highest BCUT2D eigenvalue weighted by Crippen LogP contribution is 2.16. The molecule has 5 nitrogen and oxygen atoms in total. The minimum Gasteiger partial charge on any atom is -0.398 e. The van der Waals surface area contributed by atoms with Crippen LogP contribution in [-0.2, 0) is 15.8 Å². The first-order chi connectivity index (χ1) is 8.83. The summed E-state index contributed by atoms with van der Waals surface area (Å²) in [6, 6.07) is 7.07. The summed E-state index contributed by atoms with van der Waals surface area (Å²) in [5.74, 6) is -0.0435. The molecule has 0 aliphatic carbocycles. The van der Waals surface area contributed by atoms with Crippen LogP contribution >= 0.6 is 0 Å². The van der Waals surface area contributed by atoms with E-state index in [-0.39, 0.29) is 5.75 Å². The van der Waals surface area contributed by atoms with Gasteiger partial charge in [-0.25, -0.2) is 12.7 Å². The highest BCUT2D eigenvalue weighted by Gasteiger charge is 2.19. The van der Waals surface area contributed by atoms with Crippen LogP contribution in [0.15, 0.2) is 24.3 Å². The predicted octanol–water partition coefficient (Wildman–Crippen LogP) is 0.982. The van der Waals surface area contributed by atoms with Crippen molar-refractivity contribution >= 4 is 15.7 Å². The number of nitrogens with zero attached hydrogens (tertiary/aromatic N) is 2. The standard InChI is InChI=1S/C13H23N3O2S/c1-15(2)9-6-10-16(3)19(17,18)11-12-7-4-5-8-13(12)14/h4-5,7-8H,6,9-11,14H2,1-3H3. The van der Waals surface area contributed by atoms with E-state index in [2.05, 4.69) is 0 Å². The van der Waals surface area contributed by atoms with Gasteiger partial charge < -0.3 is 10.6 Å². The number of hydrogen-bond donors (Lipinski definition) is 1. The Morgan fingerprint density at radius 1 is 1.11 bits per heavy atom. The monoisotopic (exact) mass is 285 g/mol. The van der Waals surface area contributed by atoms with E-state index >= 15 is 0 Å². The maximum atomic E-state index is 12.2. The average Bonchev–Trinajstić information content (AvgIpc) is 2.31. The highest BCUT2D eigenvalue weighted by atomic mass is 32.2. The van der Waals surface area contributed by atoms with Crippen molar-refractivity contribution in [3.05, 3.63) is 29.8 Å². The minimum absolute atomic E-state index is 0.0435. The van der Waals surface area contributed by atoms with Crippen molar-refractivity contribution in [1.29, 1.82) is 0 Å². The summed E-state index contributed by atoms with van der Waals surface area (Å²) in [6.07, 6.45) is 0.813. The Bertz CT molecular complexity index is 500. The second-order valence-electron chi connectivity index (χ2n) is 4.93. The molecule has 0 amide bonds. The molecule has 0 saturated carbocycles. The number of para-hydroxylation sites is 1. The summed E-state index contributed by atoms with van der Waals surface area (Å²) in [6.45, 7) is 1.39. The number of sulfonamides is 1. The third-order valence-corrected chi connectivity index (χ3v) is 4.75. The van der Waals surface area contributed by atoms with Gasteiger partial charge in [-0.1, -0.05) is 18.2 Å². The molecule has 0 unspecified atom stereocenters. The summed E-state index contributed by atoms with van der Waals surface area (Å²) in [4.78, 5) is 2.04. The summed E-state index contributed by atoms with van der Waals surface area (Å²) < 4.78 is 25.8. The smallest absolute Gasteiger partial charge is 0.218 e. The molecule has 0 heterocycles. The highest BCUT2D eigenvalue weighted by molar-refractivity contribution is 7.88. The number of rotatable bonds is 7. The van der Waals surface area contributed by atoms with Crippen LogP contribution < -0.4 is 5.73 Å². The molecule has 1 rings (SSSR count). The Hall–Kier alpha value is -1.11. The summed E-state index contributed by atoms with van der Waals surface area (Å²) in [5.41, 5.74) is 6.95. The van der Waals surface area contributed by atoms with Gasteiger partial charge in [0, 0.05) is 19.3 Å². The van der Waals surface area contributed by atoms with E-state index in [1.54, 1.807) is 31.3 Å². The first-order valence-electron chi connectivity index (χ1n) is 6.25. The number of nitrogen functional groups attached to an aromatic ring is 1. The number of anilines is 1. The van der Waals surface area contributed by atoms with Gasteiger partial charge in [-0.05, 0) is 38.7 Å². The molecule has 0 fully saturated rings. The normalized spacial score (nSPS) is 12.3. The van der Waals surface area contributed by atoms with Crippen molar-refractivity contribution in [2.45, 2.75) is 12.2 Å². The van der Waals surface area contributed by atoms with Crippen LogP contribution in [0.4, 0.5) is 5.69 Å². The van der Waals surface area contributed by atoms with E-state index < -0.39 is 10.0 Å². The molecule has 0 aliphatic heterocycles. The molecule has 108 valence electrons. The SMILES string of the molecule is CN(C)CCCN(C)S(=O)(=O)Cc1ccccc1N. The van der Waals surface area contributed by atoms with Gasteiger partial charge in [0.15, 0.2) is 0 Å². The van der Waals surface area contributed by atoms with Gasteiger partial charge in [-0.2, -0.15) is 0 Å². The van der Waals surface area contributed by atoms with Crippen molar-refractivity contribution in [3.63, 3.8) is 0 Å². The molecular formula is C13H23N3O2S. The Kier molecular flexibility index (Phi) is 5.78. The second-order valence-corrected chi connectivity index (χ2v) is 7.01. The minimum atomic E-state index is -3.30. The van der Waals surface area contributed by atoms with Gasteiger partial charge in [0.1, 0.15) is 0 Å². The fraction of sp³-hybridized carbons (Fsp3) is 0.538. The van der Waals surface area contributed by atoms with Gasteiger partial charge in [0.05, 0.1) is 5.75 Å². The molecule has 0 radical (unpaired) electrons. The predicted molar refractivity (Wildman–Crippen MR) is 79.3 cm³/mol. The van der Waals surface area contributed by atoms with Gasteiger partial charge in [0.2, 0.25) is 10.0 Å². The van der Waals surface area contributed by atoms with E-state index in [1.165, 1.54) is 4.31 Å². The molecule has 0 saturated heterocycles. The third-order valence-electron chi connectivity index (χ3n) is 2.95. The van der Waals surface area contributed by atoms with Crippen LogP contribution in [0.1, 0.15) is 12.0 Å². The van der Waals surface area contributed by atoms with Crippen molar-refractivity contribution in [1.82, 2.24) is 9.21 Å². The van der Waals surface area contributed by atoms with Gasteiger partial charge >= 0.3 is 0 Å². The van der Waals surface area contributed by atoms with E-state index in [4.69, 9.17) is 5.73 Å². The van der Waals surface area contributed by atoms with E-state index in [1.807, 2.05) is 19.0 Å². The molecule has 0 atom stereocenters. The molecule has 6 heteroatoms. The van der Waals surface area contributed by atoms with Gasteiger partial charge in [-0.15, -0.1) is 0 Å². The van der Waals surface area contributed by atoms with Crippen molar-refractivity contribution in [3.8, 4) is 0 Å². The number of hydrogen-bond acceptors (Lipinski definition) is 4. The Morgan fingerprint density at radius 3 is 2.32 bits per heavy atom. The zero-order chi connectivity index (χ0) is 14.5. The number of benzene rings is 1. The lowest BCUT2D eigenvalue weighted by molar-refractivity contribution is 0.370. The molecule has 1 aromatic carbocycles. The first-order valence-corrected chi connectivity index (χ1v) is 7.86. The molecule has 0 aliphatic rings. The Morgan fingerprint density at radius 2 is 1.74 bits per heavy atom.